The third-order valence-corrected chi connectivity index (χ3v) is 12.6. The van der Waals surface area contributed by atoms with E-state index in [-0.39, 0.29) is 29.1 Å². The van der Waals surface area contributed by atoms with Crippen LogP contribution < -0.4 is 0 Å². The number of rotatable bonds is 2. The normalized spacial score (nSPS) is 54.2. The van der Waals surface area contributed by atoms with Crippen LogP contribution >= 0.6 is 0 Å². The summed E-state index contributed by atoms with van der Waals surface area (Å²) in [5, 5.41) is 35.1. The number of fused-ring (bicyclic) bond motifs is 5. The Morgan fingerprint density at radius 2 is 1.49 bits per heavy atom. The van der Waals surface area contributed by atoms with Crippen molar-refractivity contribution in [1.82, 2.24) is 14.7 Å². The third-order valence-electron chi connectivity index (χ3n) is 12.6. The molecule has 0 amide bonds. The quantitative estimate of drug-likeness (QED) is 0.554. The number of likely N-dealkylation sites (N-methyl/N-ethyl adjacent to an activating group) is 1. The molecule has 2 saturated heterocycles. The average molecular weight is 490 g/mol. The smallest absolute Gasteiger partial charge is 0.0882 e. The van der Waals surface area contributed by atoms with Gasteiger partial charge in [-0.3, -0.25) is 9.80 Å². The molecule has 6 aliphatic rings. The van der Waals surface area contributed by atoms with Crippen LogP contribution in [0.2, 0.25) is 0 Å². The van der Waals surface area contributed by atoms with Gasteiger partial charge in [-0.15, -0.1) is 0 Å². The van der Waals surface area contributed by atoms with E-state index in [0.717, 1.165) is 77.8 Å². The van der Waals surface area contributed by atoms with E-state index >= 15 is 0 Å². The van der Waals surface area contributed by atoms with Gasteiger partial charge >= 0.3 is 0 Å². The van der Waals surface area contributed by atoms with Crippen LogP contribution in [0.15, 0.2) is 0 Å². The molecule has 0 radical (unpaired) electrons. The van der Waals surface area contributed by atoms with Gasteiger partial charge in [-0.25, -0.2) is 0 Å². The molecule has 6 rings (SSSR count). The Kier molecular flexibility index (Phi) is 6.38. The van der Waals surface area contributed by atoms with E-state index in [9.17, 15) is 15.3 Å². The fraction of sp³-hybridized carbons (Fsp3) is 1.00. The maximum atomic E-state index is 12.6. The van der Waals surface area contributed by atoms with Gasteiger partial charge in [0.15, 0.2) is 0 Å². The van der Waals surface area contributed by atoms with Crippen molar-refractivity contribution < 1.29 is 15.3 Å². The maximum Gasteiger partial charge on any atom is 0.0882 e. The molecule has 6 nitrogen and oxygen atoms in total. The molecule has 35 heavy (non-hydrogen) atoms. The Bertz CT molecular complexity index is 783. The zero-order valence-electron chi connectivity index (χ0n) is 22.5. The lowest BCUT2D eigenvalue weighted by atomic mass is 9.42. The molecule has 0 aromatic heterocycles. The highest BCUT2D eigenvalue weighted by Gasteiger charge is 2.69. The summed E-state index contributed by atoms with van der Waals surface area (Å²) >= 11 is 0. The minimum Gasteiger partial charge on any atom is -0.393 e. The van der Waals surface area contributed by atoms with Crippen LogP contribution in [0.3, 0.4) is 0 Å². The Labute approximate surface area is 213 Å². The van der Waals surface area contributed by atoms with E-state index in [4.69, 9.17) is 0 Å². The molecule has 6 heteroatoms. The minimum atomic E-state index is -0.820. The van der Waals surface area contributed by atoms with Gasteiger partial charge in [0.1, 0.15) is 0 Å². The second-order valence-corrected chi connectivity index (χ2v) is 14.1. The Morgan fingerprint density at radius 1 is 0.771 bits per heavy atom. The summed E-state index contributed by atoms with van der Waals surface area (Å²) in [5.41, 5.74) is -0.979. The van der Waals surface area contributed by atoms with Gasteiger partial charge in [-0.2, -0.15) is 0 Å². The highest BCUT2D eigenvalue weighted by Crippen LogP contribution is 2.68. The monoisotopic (exact) mass is 489 g/mol. The van der Waals surface area contributed by atoms with Crippen LogP contribution in [0, 0.1) is 28.6 Å². The molecule has 5 unspecified atom stereocenters. The van der Waals surface area contributed by atoms with Crippen molar-refractivity contribution in [3.8, 4) is 0 Å². The van der Waals surface area contributed by atoms with Crippen molar-refractivity contribution in [3.05, 3.63) is 0 Å². The zero-order chi connectivity index (χ0) is 24.6. The summed E-state index contributed by atoms with van der Waals surface area (Å²) in [6.07, 6.45) is 9.91. The van der Waals surface area contributed by atoms with Crippen LogP contribution in [-0.2, 0) is 0 Å². The zero-order valence-corrected chi connectivity index (χ0v) is 22.5. The summed E-state index contributed by atoms with van der Waals surface area (Å²) in [7, 11) is 2.20. The number of aliphatic hydroxyl groups is 3. The first-order chi connectivity index (χ1) is 16.7. The number of nitrogens with zero attached hydrogens (tertiary/aromatic N) is 3. The fourth-order valence-electron chi connectivity index (χ4n) is 10.4. The second kappa shape index (κ2) is 8.91. The van der Waals surface area contributed by atoms with E-state index < -0.39 is 5.60 Å². The molecule has 0 aromatic carbocycles. The number of aliphatic hydroxyl groups excluding tert-OH is 2. The molecule has 3 N–H and O–H groups in total. The topological polar surface area (TPSA) is 70.4 Å². The van der Waals surface area contributed by atoms with Gasteiger partial charge in [-0.1, -0.05) is 20.3 Å². The van der Waals surface area contributed by atoms with Crippen molar-refractivity contribution in [3.63, 3.8) is 0 Å². The summed E-state index contributed by atoms with van der Waals surface area (Å²) in [6, 6.07) is 0.430. The largest absolute Gasteiger partial charge is 0.393 e. The fourth-order valence-corrected chi connectivity index (χ4v) is 10.4. The van der Waals surface area contributed by atoms with E-state index in [1.165, 1.54) is 19.3 Å². The first kappa shape index (κ1) is 25.1. The molecule has 200 valence electrons. The first-order valence-electron chi connectivity index (χ1n) is 14.9. The molecular weight excluding hydrogens is 438 g/mol. The molecule has 4 saturated carbocycles. The van der Waals surface area contributed by atoms with Crippen LogP contribution in [0.1, 0.15) is 78.1 Å². The lowest BCUT2D eigenvalue weighted by Gasteiger charge is -2.67. The number of piperazine rings is 1. The van der Waals surface area contributed by atoms with Crippen molar-refractivity contribution >= 4 is 0 Å². The predicted octanol–water partition coefficient (Wildman–Crippen LogP) is 2.56. The lowest BCUT2D eigenvalue weighted by Crippen LogP contribution is -2.73. The molecule has 2 heterocycles. The number of hydrogen-bond acceptors (Lipinski definition) is 6. The van der Waals surface area contributed by atoms with Gasteiger partial charge < -0.3 is 20.2 Å². The van der Waals surface area contributed by atoms with Crippen molar-refractivity contribution in [2.75, 3.05) is 46.3 Å². The van der Waals surface area contributed by atoms with Crippen LogP contribution in [0.4, 0.5) is 0 Å². The van der Waals surface area contributed by atoms with Gasteiger partial charge in [0.2, 0.25) is 0 Å². The molecular formula is C29H51N3O3. The average Bonchev–Trinajstić information content (AvgIpc) is 3.12. The lowest BCUT2D eigenvalue weighted by molar-refractivity contribution is -0.253. The van der Waals surface area contributed by atoms with Crippen molar-refractivity contribution in [2.45, 2.75) is 108 Å². The predicted molar refractivity (Wildman–Crippen MR) is 138 cm³/mol. The Balaban J connectivity index is 1.34. The standard InChI is InChI=1S/C29H51N3O3/c1-27-9-8-22-21(23(27)18-24(26(27)34)31-11-5-4-6-12-31)17-25(32-15-13-30(3)14-16-32)29(35)19-20(33)7-10-28(22,29)2/h20-26,33-35H,4-19H2,1-3H3/t20?,21-,22-,23+,24?,25?,26?,27+,28-,29?/m1/s1. The first-order valence-corrected chi connectivity index (χ1v) is 14.9. The number of likely N-dealkylation sites (tertiary alicyclic amines) is 1. The van der Waals surface area contributed by atoms with Gasteiger partial charge in [0, 0.05) is 50.1 Å². The number of piperidine rings is 1. The van der Waals surface area contributed by atoms with Gasteiger partial charge in [0.25, 0.3) is 0 Å². The van der Waals surface area contributed by atoms with E-state index in [0.29, 0.717) is 30.2 Å². The Morgan fingerprint density at radius 3 is 2.20 bits per heavy atom. The van der Waals surface area contributed by atoms with Gasteiger partial charge in [0.05, 0.1) is 17.8 Å². The SMILES string of the molecule is CN1CCN(C2C[C@@H]3[C@@H](CC[C@]4(C)C(O)C(N5CCCCC5)C[C@@H]34)[C@@]3(C)CCC(O)CC23O)CC1. The molecule has 4 aliphatic carbocycles. The van der Waals surface area contributed by atoms with Crippen LogP contribution in [-0.4, -0.2) is 106 Å². The van der Waals surface area contributed by atoms with E-state index in [1.807, 2.05) is 0 Å². The highest BCUT2D eigenvalue weighted by atomic mass is 16.3. The molecule has 0 aromatic rings. The molecule has 6 fully saturated rings. The summed E-state index contributed by atoms with van der Waals surface area (Å²) in [6.45, 7) is 11.2. The van der Waals surface area contributed by atoms with Crippen LogP contribution in [0.25, 0.3) is 0 Å². The molecule has 0 bridgehead atoms. The third kappa shape index (κ3) is 3.71. The van der Waals surface area contributed by atoms with Crippen molar-refractivity contribution in [2.24, 2.45) is 28.6 Å². The summed E-state index contributed by atoms with van der Waals surface area (Å²) in [5.74, 6) is 1.59. The number of hydrogen-bond donors (Lipinski definition) is 3. The van der Waals surface area contributed by atoms with Crippen molar-refractivity contribution in [1.29, 1.82) is 0 Å². The summed E-state index contributed by atoms with van der Waals surface area (Å²) < 4.78 is 0. The van der Waals surface area contributed by atoms with Gasteiger partial charge in [-0.05, 0) is 94.7 Å². The van der Waals surface area contributed by atoms with E-state index in [1.54, 1.807) is 0 Å². The van der Waals surface area contributed by atoms with E-state index in [2.05, 4.69) is 35.6 Å². The molecule has 10 atom stereocenters. The minimum absolute atomic E-state index is 0.00402. The highest BCUT2D eigenvalue weighted by molar-refractivity contribution is 5.20. The second-order valence-electron chi connectivity index (χ2n) is 14.1. The molecule has 0 spiro atoms. The summed E-state index contributed by atoms with van der Waals surface area (Å²) in [4.78, 5) is 7.61. The Hall–Kier alpha value is -0.240. The van der Waals surface area contributed by atoms with Crippen LogP contribution in [0.5, 0.6) is 0 Å². The molecule has 2 aliphatic heterocycles. The maximum absolute atomic E-state index is 12.6.